The third-order valence-corrected chi connectivity index (χ3v) is 3.17. The van der Waals surface area contributed by atoms with E-state index in [1.54, 1.807) is 0 Å². The van der Waals surface area contributed by atoms with Gasteiger partial charge in [-0.1, -0.05) is 46.3 Å². The largest absolute Gasteiger partial charge is 0.303 e. The van der Waals surface area contributed by atoms with Crippen molar-refractivity contribution in [1.29, 1.82) is 0 Å². The van der Waals surface area contributed by atoms with Gasteiger partial charge in [-0.25, -0.2) is 0 Å². The normalized spacial score (nSPS) is 9.22. The van der Waals surface area contributed by atoms with Gasteiger partial charge in [-0.3, -0.25) is 0 Å². The molecule has 2 nitrogen and oxygen atoms in total. The molecule has 0 aliphatic heterocycles. The Morgan fingerprint density at radius 1 is 1.00 bits per heavy atom. The molecule has 0 saturated heterocycles. The number of carbonyl (C=O) groups is 2. The molecule has 0 radical (unpaired) electrons. The Hall–Kier alpha value is -0.420. The molecule has 4 heteroatoms. The molecule has 0 fully saturated rings. The summed E-state index contributed by atoms with van der Waals surface area (Å²) in [6.07, 6.45) is 5.79. The first kappa shape index (κ1) is 17.6. The van der Waals surface area contributed by atoms with Gasteiger partial charge in [0.1, 0.15) is 12.6 Å². The van der Waals surface area contributed by atoms with E-state index in [4.69, 9.17) is 11.6 Å². The van der Waals surface area contributed by atoms with E-state index >= 15 is 0 Å². The van der Waals surface area contributed by atoms with E-state index < -0.39 is 0 Å². The van der Waals surface area contributed by atoms with Crippen molar-refractivity contribution in [2.75, 3.05) is 4.43 Å². The number of hydrogen-bond acceptors (Lipinski definition) is 2. The third-order valence-electron chi connectivity index (χ3n) is 2.16. The van der Waals surface area contributed by atoms with Gasteiger partial charge in [0.15, 0.2) is 0 Å². The molecule has 0 atom stereocenters. The van der Waals surface area contributed by atoms with E-state index in [9.17, 15) is 9.59 Å². The second-order valence-corrected chi connectivity index (χ2v) is 5.20. The van der Waals surface area contributed by atoms with Gasteiger partial charge in [0.2, 0.25) is 0 Å². The standard InChI is InChI=1S/C9H10ClI.C5H8O2/c10-9-5-3-8(4-6-9)2-1-7-11;6-4-2-1-3-5-7/h3-6H,1-2,7H2;4-5H,1-3H2. The number of alkyl halides is 1. The first-order valence-electron chi connectivity index (χ1n) is 5.92. The van der Waals surface area contributed by atoms with Gasteiger partial charge >= 0.3 is 0 Å². The van der Waals surface area contributed by atoms with Gasteiger partial charge in [-0.15, -0.1) is 0 Å². The molecule has 0 aliphatic carbocycles. The van der Waals surface area contributed by atoms with Crippen LogP contribution in [0.3, 0.4) is 0 Å². The molecule has 0 bridgehead atoms. The lowest BCUT2D eigenvalue weighted by Gasteiger charge is -1.97. The number of unbranched alkanes of at least 4 members (excludes halogenated alkanes) is 2. The van der Waals surface area contributed by atoms with Crippen molar-refractivity contribution in [3.63, 3.8) is 0 Å². The van der Waals surface area contributed by atoms with Crippen molar-refractivity contribution in [2.24, 2.45) is 0 Å². The maximum Gasteiger partial charge on any atom is 0.120 e. The molecule has 100 valence electrons. The number of carbonyl (C=O) groups excluding carboxylic acids is 2. The lowest BCUT2D eigenvalue weighted by atomic mass is 10.1. The first-order valence-corrected chi connectivity index (χ1v) is 7.82. The highest BCUT2D eigenvalue weighted by Crippen LogP contribution is 2.11. The van der Waals surface area contributed by atoms with Crippen LogP contribution in [0.4, 0.5) is 0 Å². The molecular formula is C14H18ClIO2. The average Bonchev–Trinajstić information content (AvgIpc) is 2.40. The Kier molecular flexibility index (Phi) is 12.7. The summed E-state index contributed by atoms with van der Waals surface area (Å²) in [5.74, 6) is 0. The van der Waals surface area contributed by atoms with Crippen molar-refractivity contribution in [3.05, 3.63) is 34.9 Å². The second-order valence-electron chi connectivity index (χ2n) is 3.68. The molecule has 0 heterocycles. The molecule has 0 aliphatic rings. The van der Waals surface area contributed by atoms with Crippen LogP contribution in [-0.4, -0.2) is 17.0 Å². The number of rotatable bonds is 7. The van der Waals surface area contributed by atoms with Crippen LogP contribution < -0.4 is 0 Å². The first-order chi connectivity index (χ1) is 8.74. The van der Waals surface area contributed by atoms with Crippen LogP contribution >= 0.6 is 34.2 Å². The lowest BCUT2D eigenvalue weighted by molar-refractivity contribution is -0.108. The van der Waals surface area contributed by atoms with Gasteiger partial charge in [-0.2, -0.15) is 0 Å². The molecule has 0 spiro atoms. The predicted octanol–water partition coefficient (Wildman–Crippen LogP) is 4.26. The predicted molar refractivity (Wildman–Crippen MR) is 84.6 cm³/mol. The minimum Gasteiger partial charge on any atom is -0.303 e. The van der Waals surface area contributed by atoms with Crippen LogP contribution in [0.15, 0.2) is 24.3 Å². The van der Waals surface area contributed by atoms with E-state index in [1.807, 2.05) is 12.1 Å². The molecule has 0 amide bonds. The molecular weight excluding hydrogens is 363 g/mol. The lowest BCUT2D eigenvalue weighted by Crippen LogP contribution is -1.84. The molecule has 18 heavy (non-hydrogen) atoms. The van der Waals surface area contributed by atoms with E-state index in [-0.39, 0.29) is 0 Å². The summed E-state index contributed by atoms with van der Waals surface area (Å²) >= 11 is 8.14. The number of aldehydes is 2. The van der Waals surface area contributed by atoms with E-state index in [0.717, 1.165) is 17.6 Å². The van der Waals surface area contributed by atoms with Crippen LogP contribution in [0.1, 0.15) is 31.2 Å². The van der Waals surface area contributed by atoms with E-state index in [0.29, 0.717) is 19.3 Å². The molecule has 0 aromatic heterocycles. The maximum atomic E-state index is 9.56. The Bertz CT molecular complexity index is 317. The van der Waals surface area contributed by atoms with Crippen molar-refractivity contribution >= 4 is 46.8 Å². The summed E-state index contributed by atoms with van der Waals surface area (Å²) in [5.41, 5.74) is 1.38. The van der Waals surface area contributed by atoms with Gasteiger partial charge in [-0.05, 0) is 41.4 Å². The van der Waals surface area contributed by atoms with Crippen molar-refractivity contribution < 1.29 is 9.59 Å². The zero-order valence-corrected chi connectivity index (χ0v) is 13.2. The van der Waals surface area contributed by atoms with Gasteiger partial charge in [0, 0.05) is 17.9 Å². The summed E-state index contributed by atoms with van der Waals surface area (Å²) in [6, 6.07) is 8.08. The number of halogens is 2. The molecule has 0 saturated carbocycles. The summed E-state index contributed by atoms with van der Waals surface area (Å²) < 4.78 is 1.22. The van der Waals surface area contributed by atoms with Crippen molar-refractivity contribution in [3.8, 4) is 0 Å². The fourth-order valence-electron chi connectivity index (χ4n) is 1.21. The molecule has 1 aromatic carbocycles. The minimum atomic E-state index is 0.513. The quantitative estimate of drug-likeness (QED) is 0.306. The topological polar surface area (TPSA) is 34.1 Å². The average molecular weight is 381 g/mol. The Morgan fingerprint density at radius 2 is 1.56 bits per heavy atom. The Morgan fingerprint density at radius 3 is 2.00 bits per heavy atom. The van der Waals surface area contributed by atoms with Gasteiger partial charge in [0.05, 0.1) is 0 Å². The number of hydrogen-bond donors (Lipinski definition) is 0. The summed E-state index contributed by atoms with van der Waals surface area (Å²) in [4.78, 5) is 19.1. The summed E-state index contributed by atoms with van der Waals surface area (Å²) in [7, 11) is 0. The monoisotopic (exact) mass is 380 g/mol. The number of benzene rings is 1. The highest BCUT2D eigenvalue weighted by molar-refractivity contribution is 14.1. The zero-order valence-electron chi connectivity index (χ0n) is 10.3. The van der Waals surface area contributed by atoms with Gasteiger partial charge in [0.25, 0.3) is 0 Å². The Balaban J connectivity index is 0.000000360. The molecule has 1 aromatic rings. The van der Waals surface area contributed by atoms with E-state index in [2.05, 4.69) is 34.7 Å². The van der Waals surface area contributed by atoms with Crippen LogP contribution in [0.2, 0.25) is 5.02 Å². The van der Waals surface area contributed by atoms with Gasteiger partial charge < -0.3 is 9.59 Å². The third kappa shape index (κ3) is 10.7. The van der Waals surface area contributed by atoms with Crippen LogP contribution in [0, 0.1) is 0 Å². The highest BCUT2D eigenvalue weighted by atomic mass is 127. The maximum absolute atomic E-state index is 9.56. The van der Waals surface area contributed by atoms with Crippen LogP contribution in [-0.2, 0) is 16.0 Å². The smallest absolute Gasteiger partial charge is 0.120 e. The van der Waals surface area contributed by atoms with Crippen LogP contribution in [0.5, 0.6) is 0 Å². The highest BCUT2D eigenvalue weighted by Gasteiger charge is 1.91. The molecule has 0 unspecified atom stereocenters. The fraction of sp³-hybridized carbons (Fsp3) is 0.429. The van der Waals surface area contributed by atoms with E-state index in [1.165, 1.54) is 22.8 Å². The number of aryl methyl sites for hydroxylation is 1. The van der Waals surface area contributed by atoms with Crippen LogP contribution in [0.25, 0.3) is 0 Å². The second kappa shape index (κ2) is 13.0. The molecule has 0 N–H and O–H groups in total. The van der Waals surface area contributed by atoms with Crippen molar-refractivity contribution in [1.82, 2.24) is 0 Å². The summed E-state index contributed by atoms with van der Waals surface area (Å²) in [5, 5.41) is 0.822. The SMILES string of the molecule is Clc1ccc(CCCI)cc1.O=CCCCC=O. The Labute approximate surface area is 127 Å². The van der Waals surface area contributed by atoms with Crippen molar-refractivity contribution in [2.45, 2.75) is 32.1 Å². The summed E-state index contributed by atoms with van der Waals surface area (Å²) in [6.45, 7) is 0. The zero-order chi connectivity index (χ0) is 13.6. The molecule has 1 rings (SSSR count). The minimum absolute atomic E-state index is 0.513. The fourth-order valence-corrected chi connectivity index (χ4v) is 1.71.